The number of fused-ring (bicyclic) bond motifs is 1. The third-order valence-corrected chi connectivity index (χ3v) is 3.81. The number of hydrogen-bond donors (Lipinski definition) is 1. The normalized spacial score (nSPS) is 23.4. The number of hydrogen-bond acceptors (Lipinski definition) is 3. The molecule has 0 radical (unpaired) electrons. The molecule has 0 aromatic heterocycles. The van der Waals surface area contributed by atoms with Crippen molar-refractivity contribution in [3.05, 3.63) is 23.8 Å². The summed E-state index contributed by atoms with van der Waals surface area (Å²) in [7, 11) is 2.13. The fourth-order valence-corrected chi connectivity index (χ4v) is 2.75. The summed E-state index contributed by atoms with van der Waals surface area (Å²) in [5.74, 6) is 1.86. The predicted molar refractivity (Wildman–Crippen MR) is 69.9 cm³/mol. The van der Waals surface area contributed by atoms with Gasteiger partial charge in [0.1, 0.15) is 12.4 Å². The molecule has 1 fully saturated rings. The number of nitrogens with zero attached hydrogens (tertiary/aromatic N) is 1. The Morgan fingerprint density at radius 3 is 3.24 bits per heavy atom. The van der Waals surface area contributed by atoms with Gasteiger partial charge in [0, 0.05) is 7.05 Å². The van der Waals surface area contributed by atoms with Gasteiger partial charge >= 0.3 is 0 Å². The van der Waals surface area contributed by atoms with Gasteiger partial charge < -0.3 is 15.0 Å². The number of likely N-dealkylation sites (N-methyl/N-ethyl adjacent to an activating group) is 1. The van der Waals surface area contributed by atoms with Crippen molar-refractivity contribution in [2.75, 3.05) is 38.2 Å². The summed E-state index contributed by atoms with van der Waals surface area (Å²) < 4.78 is 5.74. The molecule has 1 aromatic carbocycles. The van der Waals surface area contributed by atoms with Crippen molar-refractivity contribution in [3.63, 3.8) is 0 Å². The monoisotopic (exact) mass is 232 g/mol. The molecule has 2 aliphatic heterocycles. The molecule has 3 nitrogen and oxygen atoms in total. The number of ether oxygens (including phenoxy) is 1. The van der Waals surface area contributed by atoms with Crippen molar-refractivity contribution >= 4 is 5.69 Å². The van der Waals surface area contributed by atoms with E-state index < -0.39 is 0 Å². The van der Waals surface area contributed by atoms with Crippen molar-refractivity contribution in [1.29, 1.82) is 0 Å². The summed E-state index contributed by atoms with van der Waals surface area (Å²) in [5, 5.41) is 3.42. The first-order valence-corrected chi connectivity index (χ1v) is 6.50. The molecule has 0 spiro atoms. The van der Waals surface area contributed by atoms with Crippen LogP contribution in [-0.2, 0) is 6.42 Å². The molecule has 92 valence electrons. The smallest absolute Gasteiger partial charge is 0.142 e. The quantitative estimate of drug-likeness (QED) is 0.839. The van der Waals surface area contributed by atoms with E-state index in [1.807, 2.05) is 0 Å². The molecule has 0 saturated carbocycles. The van der Waals surface area contributed by atoms with Crippen LogP contribution in [0.4, 0.5) is 5.69 Å². The largest absolute Gasteiger partial charge is 0.490 e. The second kappa shape index (κ2) is 4.57. The Morgan fingerprint density at radius 1 is 1.47 bits per heavy atom. The van der Waals surface area contributed by atoms with Gasteiger partial charge in [-0.2, -0.15) is 0 Å². The Morgan fingerprint density at radius 2 is 2.41 bits per heavy atom. The van der Waals surface area contributed by atoms with Gasteiger partial charge in [-0.05, 0) is 49.5 Å². The van der Waals surface area contributed by atoms with Gasteiger partial charge in [-0.25, -0.2) is 0 Å². The average Bonchev–Trinajstić information content (AvgIpc) is 2.82. The van der Waals surface area contributed by atoms with Crippen LogP contribution >= 0.6 is 0 Å². The molecule has 3 heteroatoms. The van der Waals surface area contributed by atoms with E-state index in [0.29, 0.717) is 0 Å². The third-order valence-electron chi connectivity index (χ3n) is 3.81. The maximum absolute atomic E-state index is 5.74. The fraction of sp³-hybridized carbons (Fsp3) is 0.571. The summed E-state index contributed by atoms with van der Waals surface area (Å²) >= 11 is 0. The summed E-state index contributed by atoms with van der Waals surface area (Å²) in [6.07, 6.45) is 2.48. The van der Waals surface area contributed by atoms with Gasteiger partial charge in [0.15, 0.2) is 0 Å². The lowest BCUT2D eigenvalue weighted by molar-refractivity contribution is 0.311. The topological polar surface area (TPSA) is 24.5 Å². The predicted octanol–water partition coefficient (Wildman–Crippen LogP) is 1.67. The van der Waals surface area contributed by atoms with Crippen LogP contribution in [0.1, 0.15) is 12.0 Å². The lowest BCUT2D eigenvalue weighted by Gasteiger charge is -2.28. The third kappa shape index (κ3) is 2.25. The Labute approximate surface area is 103 Å². The summed E-state index contributed by atoms with van der Waals surface area (Å²) in [5.41, 5.74) is 2.64. The van der Waals surface area contributed by atoms with Gasteiger partial charge in [-0.15, -0.1) is 0 Å². The number of rotatable bonds is 2. The molecule has 17 heavy (non-hydrogen) atoms. The molecule has 0 amide bonds. The van der Waals surface area contributed by atoms with E-state index in [-0.39, 0.29) is 0 Å². The maximum atomic E-state index is 5.74. The first-order chi connectivity index (χ1) is 8.33. The van der Waals surface area contributed by atoms with Crippen LogP contribution in [0.15, 0.2) is 18.2 Å². The van der Waals surface area contributed by atoms with Crippen LogP contribution in [0, 0.1) is 5.92 Å². The fourth-order valence-electron chi connectivity index (χ4n) is 2.75. The van der Waals surface area contributed by atoms with Crippen molar-refractivity contribution in [2.24, 2.45) is 5.92 Å². The van der Waals surface area contributed by atoms with Gasteiger partial charge in [0.05, 0.1) is 12.2 Å². The van der Waals surface area contributed by atoms with E-state index in [1.54, 1.807) is 0 Å². The van der Waals surface area contributed by atoms with Crippen molar-refractivity contribution in [2.45, 2.75) is 12.8 Å². The van der Waals surface area contributed by atoms with E-state index in [1.165, 1.54) is 30.6 Å². The Hall–Kier alpha value is -1.22. The summed E-state index contributed by atoms with van der Waals surface area (Å²) in [6.45, 7) is 4.13. The van der Waals surface area contributed by atoms with Crippen molar-refractivity contribution < 1.29 is 4.74 Å². The van der Waals surface area contributed by atoms with Crippen LogP contribution < -0.4 is 15.0 Å². The molecule has 2 heterocycles. The standard InChI is InChI=1S/C14H20N2O/c1-16-6-7-17-14-9-11(2-3-13(14)16)8-12-4-5-15-10-12/h2-3,9,12,15H,4-8,10H2,1H3. The summed E-state index contributed by atoms with van der Waals surface area (Å²) in [6, 6.07) is 6.68. The van der Waals surface area contributed by atoms with Crippen LogP contribution in [0.5, 0.6) is 5.75 Å². The molecule has 2 aliphatic rings. The van der Waals surface area contributed by atoms with Crippen molar-refractivity contribution in [3.8, 4) is 5.75 Å². The molecule has 3 rings (SSSR count). The van der Waals surface area contributed by atoms with Gasteiger partial charge in [-0.3, -0.25) is 0 Å². The number of nitrogens with one attached hydrogen (secondary N) is 1. The molecule has 1 atom stereocenters. The summed E-state index contributed by atoms with van der Waals surface area (Å²) in [4.78, 5) is 2.26. The minimum Gasteiger partial charge on any atom is -0.490 e. The molecular weight excluding hydrogens is 212 g/mol. The minimum absolute atomic E-state index is 0.800. The number of benzene rings is 1. The van der Waals surface area contributed by atoms with Crippen LogP contribution in [-0.4, -0.2) is 33.3 Å². The van der Waals surface area contributed by atoms with Crippen LogP contribution in [0.3, 0.4) is 0 Å². The van der Waals surface area contributed by atoms with Gasteiger partial charge in [-0.1, -0.05) is 6.07 Å². The molecule has 1 saturated heterocycles. The molecular formula is C14H20N2O. The first-order valence-electron chi connectivity index (χ1n) is 6.50. The zero-order valence-electron chi connectivity index (χ0n) is 10.4. The maximum Gasteiger partial charge on any atom is 0.142 e. The highest BCUT2D eigenvalue weighted by molar-refractivity contribution is 5.60. The van der Waals surface area contributed by atoms with E-state index in [2.05, 4.69) is 35.5 Å². The zero-order chi connectivity index (χ0) is 11.7. The lowest BCUT2D eigenvalue weighted by atomic mass is 9.98. The van der Waals surface area contributed by atoms with Gasteiger partial charge in [0.25, 0.3) is 0 Å². The molecule has 0 aliphatic carbocycles. The van der Waals surface area contributed by atoms with Crippen LogP contribution in [0.25, 0.3) is 0 Å². The Kier molecular flexibility index (Phi) is 2.93. The SMILES string of the molecule is CN1CCOc2cc(CC3CCNC3)ccc21. The molecule has 1 aromatic rings. The lowest BCUT2D eigenvalue weighted by Crippen LogP contribution is -2.28. The highest BCUT2D eigenvalue weighted by Gasteiger charge is 2.18. The zero-order valence-corrected chi connectivity index (χ0v) is 10.4. The highest BCUT2D eigenvalue weighted by Crippen LogP contribution is 2.32. The van der Waals surface area contributed by atoms with E-state index in [4.69, 9.17) is 4.74 Å². The van der Waals surface area contributed by atoms with E-state index in [9.17, 15) is 0 Å². The second-order valence-corrected chi connectivity index (χ2v) is 5.14. The average molecular weight is 232 g/mol. The van der Waals surface area contributed by atoms with E-state index >= 15 is 0 Å². The second-order valence-electron chi connectivity index (χ2n) is 5.14. The first kappa shape index (κ1) is 10.9. The van der Waals surface area contributed by atoms with Crippen LogP contribution in [0.2, 0.25) is 0 Å². The van der Waals surface area contributed by atoms with Gasteiger partial charge in [0.2, 0.25) is 0 Å². The highest BCUT2D eigenvalue weighted by atomic mass is 16.5. The number of anilines is 1. The van der Waals surface area contributed by atoms with E-state index in [0.717, 1.165) is 31.4 Å². The molecule has 1 N–H and O–H groups in total. The Balaban J connectivity index is 1.77. The minimum atomic E-state index is 0.800. The van der Waals surface area contributed by atoms with Crippen molar-refractivity contribution in [1.82, 2.24) is 5.32 Å². The molecule has 0 bridgehead atoms. The Bertz CT molecular complexity index is 399. The molecule has 1 unspecified atom stereocenters.